The summed E-state index contributed by atoms with van der Waals surface area (Å²) in [5.41, 5.74) is 6.34. The highest BCUT2D eigenvalue weighted by molar-refractivity contribution is 6.39. The fourth-order valence-corrected chi connectivity index (χ4v) is 3.54. The number of nitrogens with one attached hydrogen (secondary N) is 2. The first kappa shape index (κ1) is 21.9. The summed E-state index contributed by atoms with van der Waals surface area (Å²) in [6.45, 7) is 3.84. The molecular formula is C21H24N6O4. The molecule has 10 heteroatoms. The van der Waals surface area contributed by atoms with Gasteiger partial charge in [-0.05, 0) is 36.5 Å². The number of anilines is 2. The number of nitrogens with zero attached hydrogens (tertiary/aromatic N) is 3. The number of nitrogens with two attached hydrogens (primary N) is 1. The van der Waals surface area contributed by atoms with Gasteiger partial charge in [-0.15, -0.1) is 0 Å². The SMILES string of the molecule is CC(=O)Nc1ccc([C@@H]2CC[C@@H](C)CN2C(=O)C(=O)Nc2cncc(C(N)=O)c2)cn1. The second-order valence-electron chi connectivity index (χ2n) is 7.59. The molecule has 162 valence electrons. The topological polar surface area (TPSA) is 147 Å². The van der Waals surface area contributed by atoms with Crippen LogP contribution in [0.1, 0.15) is 48.7 Å². The van der Waals surface area contributed by atoms with Gasteiger partial charge in [-0.2, -0.15) is 0 Å². The number of carbonyl (C=O) groups excluding carboxylic acids is 4. The third kappa shape index (κ3) is 5.41. The highest BCUT2D eigenvalue weighted by Gasteiger charge is 2.34. The second kappa shape index (κ2) is 9.33. The molecule has 1 saturated heterocycles. The van der Waals surface area contributed by atoms with Crippen molar-refractivity contribution in [3.8, 4) is 0 Å². The summed E-state index contributed by atoms with van der Waals surface area (Å²) in [6, 6.07) is 4.50. The first-order valence-corrected chi connectivity index (χ1v) is 9.85. The molecule has 2 atom stereocenters. The van der Waals surface area contributed by atoms with E-state index in [2.05, 4.69) is 20.6 Å². The third-order valence-corrected chi connectivity index (χ3v) is 5.03. The Labute approximate surface area is 179 Å². The molecule has 3 rings (SSSR count). The van der Waals surface area contributed by atoms with Crippen molar-refractivity contribution in [1.29, 1.82) is 0 Å². The van der Waals surface area contributed by atoms with Crippen molar-refractivity contribution in [3.63, 3.8) is 0 Å². The summed E-state index contributed by atoms with van der Waals surface area (Å²) in [5.74, 6) is -1.78. The van der Waals surface area contributed by atoms with Crippen LogP contribution in [-0.2, 0) is 14.4 Å². The number of pyridine rings is 2. The minimum atomic E-state index is -0.828. The number of likely N-dealkylation sites (tertiary alicyclic amines) is 1. The normalized spacial score (nSPS) is 18.2. The van der Waals surface area contributed by atoms with Gasteiger partial charge < -0.3 is 21.3 Å². The Morgan fingerprint density at radius 3 is 2.52 bits per heavy atom. The van der Waals surface area contributed by atoms with E-state index in [1.54, 1.807) is 18.3 Å². The van der Waals surface area contributed by atoms with E-state index in [1.807, 2.05) is 6.92 Å². The van der Waals surface area contributed by atoms with Gasteiger partial charge in [-0.25, -0.2) is 4.98 Å². The molecule has 4 N–H and O–H groups in total. The fourth-order valence-electron chi connectivity index (χ4n) is 3.54. The lowest BCUT2D eigenvalue weighted by molar-refractivity contribution is -0.146. The minimum Gasteiger partial charge on any atom is -0.366 e. The predicted molar refractivity (Wildman–Crippen MR) is 113 cm³/mol. The molecule has 4 amide bonds. The number of rotatable bonds is 4. The average molecular weight is 424 g/mol. The Morgan fingerprint density at radius 1 is 1.10 bits per heavy atom. The van der Waals surface area contributed by atoms with Gasteiger partial charge in [-0.3, -0.25) is 24.2 Å². The summed E-state index contributed by atoms with van der Waals surface area (Å²) >= 11 is 0. The van der Waals surface area contributed by atoms with Crippen molar-refractivity contribution in [2.45, 2.75) is 32.7 Å². The van der Waals surface area contributed by atoms with E-state index in [4.69, 9.17) is 5.73 Å². The Balaban J connectivity index is 1.77. The molecule has 1 aliphatic heterocycles. The summed E-state index contributed by atoms with van der Waals surface area (Å²) in [4.78, 5) is 57.7. The molecule has 31 heavy (non-hydrogen) atoms. The zero-order valence-corrected chi connectivity index (χ0v) is 17.3. The lowest BCUT2D eigenvalue weighted by Gasteiger charge is -2.38. The second-order valence-corrected chi connectivity index (χ2v) is 7.59. The number of piperidine rings is 1. The first-order chi connectivity index (χ1) is 14.7. The zero-order chi connectivity index (χ0) is 22.5. The van der Waals surface area contributed by atoms with E-state index in [1.165, 1.54) is 30.3 Å². The Hall–Kier alpha value is -3.82. The van der Waals surface area contributed by atoms with E-state index < -0.39 is 17.7 Å². The molecule has 0 aliphatic carbocycles. The molecule has 1 fully saturated rings. The predicted octanol–water partition coefficient (Wildman–Crippen LogP) is 1.47. The summed E-state index contributed by atoms with van der Waals surface area (Å²) in [7, 11) is 0. The Morgan fingerprint density at radius 2 is 1.87 bits per heavy atom. The highest BCUT2D eigenvalue weighted by atomic mass is 16.2. The van der Waals surface area contributed by atoms with E-state index >= 15 is 0 Å². The van der Waals surface area contributed by atoms with Crippen molar-refractivity contribution >= 4 is 35.1 Å². The van der Waals surface area contributed by atoms with Crippen LogP contribution in [0.25, 0.3) is 0 Å². The van der Waals surface area contributed by atoms with Crippen molar-refractivity contribution in [1.82, 2.24) is 14.9 Å². The van der Waals surface area contributed by atoms with Gasteiger partial charge >= 0.3 is 11.8 Å². The molecule has 0 bridgehead atoms. The monoisotopic (exact) mass is 424 g/mol. The number of hydrogen-bond donors (Lipinski definition) is 3. The van der Waals surface area contributed by atoms with Crippen LogP contribution < -0.4 is 16.4 Å². The van der Waals surface area contributed by atoms with Gasteiger partial charge in [0.05, 0.1) is 23.5 Å². The Kier molecular flexibility index (Phi) is 6.58. The molecule has 1 aliphatic rings. The maximum Gasteiger partial charge on any atom is 0.313 e. The van der Waals surface area contributed by atoms with Crippen LogP contribution in [0.15, 0.2) is 36.8 Å². The number of aromatic nitrogens is 2. The van der Waals surface area contributed by atoms with Gasteiger partial charge in [-0.1, -0.05) is 13.0 Å². The van der Waals surface area contributed by atoms with Crippen LogP contribution in [0, 0.1) is 5.92 Å². The number of hydrogen-bond acceptors (Lipinski definition) is 6. The lowest BCUT2D eigenvalue weighted by atomic mass is 9.90. The molecule has 3 heterocycles. The van der Waals surface area contributed by atoms with Crippen molar-refractivity contribution in [3.05, 3.63) is 47.9 Å². The van der Waals surface area contributed by atoms with Crippen LogP contribution in [0.3, 0.4) is 0 Å². The summed E-state index contributed by atoms with van der Waals surface area (Å²) in [6.07, 6.45) is 5.79. The smallest absolute Gasteiger partial charge is 0.313 e. The maximum absolute atomic E-state index is 13.0. The zero-order valence-electron chi connectivity index (χ0n) is 17.3. The van der Waals surface area contributed by atoms with Gasteiger partial charge in [0.15, 0.2) is 0 Å². The maximum atomic E-state index is 13.0. The van der Waals surface area contributed by atoms with Gasteiger partial charge in [0.1, 0.15) is 5.82 Å². The van der Waals surface area contributed by atoms with Crippen molar-refractivity contribution < 1.29 is 19.2 Å². The minimum absolute atomic E-state index is 0.125. The standard InChI is InChI=1S/C21H24N6O4/c1-12-3-5-17(14-4-6-18(24-9-14)25-13(2)28)27(11-12)21(31)20(30)26-16-7-15(19(22)29)8-23-10-16/h4,6-10,12,17H,3,5,11H2,1-2H3,(H2,22,29)(H,26,30)(H,24,25,28)/t12-,17+/m1/s1. The van der Waals surface area contributed by atoms with Crippen LogP contribution >= 0.6 is 0 Å². The number of amides is 4. The molecule has 0 spiro atoms. The summed E-state index contributed by atoms with van der Waals surface area (Å²) in [5, 5.41) is 5.09. The van der Waals surface area contributed by atoms with Crippen molar-refractivity contribution in [2.75, 3.05) is 17.2 Å². The highest BCUT2D eigenvalue weighted by Crippen LogP contribution is 2.33. The molecule has 0 radical (unpaired) electrons. The Bertz CT molecular complexity index is 1010. The molecule has 0 aromatic carbocycles. The molecule has 0 unspecified atom stereocenters. The third-order valence-electron chi connectivity index (χ3n) is 5.03. The molecular weight excluding hydrogens is 400 g/mol. The van der Waals surface area contributed by atoms with Crippen LogP contribution in [0.4, 0.5) is 11.5 Å². The van der Waals surface area contributed by atoms with Crippen molar-refractivity contribution in [2.24, 2.45) is 11.7 Å². The fraction of sp³-hybridized carbons (Fsp3) is 0.333. The van der Waals surface area contributed by atoms with Crippen LogP contribution in [0.2, 0.25) is 0 Å². The lowest BCUT2D eigenvalue weighted by Crippen LogP contribution is -2.46. The first-order valence-electron chi connectivity index (χ1n) is 9.85. The molecule has 0 saturated carbocycles. The van der Waals surface area contributed by atoms with E-state index in [0.717, 1.165) is 12.0 Å². The molecule has 10 nitrogen and oxygen atoms in total. The van der Waals surface area contributed by atoms with Crippen LogP contribution in [-0.4, -0.2) is 45.0 Å². The number of carbonyl (C=O) groups is 4. The van der Waals surface area contributed by atoms with Gasteiger partial charge in [0.2, 0.25) is 11.8 Å². The number of primary amides is 1. The largest absolute Gasteiger partial charge is 0.366 e. The average Bonchev–Trinajstić information content (AvgIpc) is 2.73. The summed E-state index contributed by atoms with van der Waals surface area (Å²) < 4.78 is 0. The van der Waals surface area contributed by atoms with Gasteiger partial charge in [0, 0.05) is 25.9 Å². The molecule has 2 aromatic heterocycles. The van der Waals surface area contributed by atoms with E-state index in [0.29, 0.717) is 18.8 Å². The van der Waals surface area contributed by atoms with Crippen LogP contribution in [0.5, 0.6) is 0 Å². The van der Waals surface area contributed by atoms with Gasteiger partial charge in [0.25, 0.3) is 0 Å². The van der Waals surface area contributed by atoms with E-state index in [-0.39, 0.29) is 29.1 Å². The van der Waals surface area contributed by atoms with E-state index in [9.17, 15) is 19.2 Å². The molecule has 2 aromatic rings. The quantitative estimate of drug-likeness (QED) is 0.633.